The van der Waals surface area contributed by atoms with Gasteiger partial charge in [0.2, 0.25) is 0 Å². The zero-order valence-electron chi connectivity index (χ0n) is 15.6. The quantitative estimate of drug-likeness (QED) is 0.783. The molecule has 0 aliphatic carbocycles. The lowest BCUT2D eigenvalue weighted by Crippen LogP contribution is -2.21. The summed E-state index contributed by atoms with van der Waals surface area (Å²) in [4.78, 5) is 12.4. The van der Waals surface area contributed by atoms with E-state index in [0.29, 0.717) is 24.6 Å². The van der Waals surface area contributed by atoms with E-state index in [1.54, 1.807) is 12.1 Å². The van der Waals surface area contributed by atoms with Crippen LogP contribution in [-0.2, 0) is 11.3 Å². The van der Waals surface area contributed by atoms with Gasteiger partial charge in [0.05, 0.1) is 6.61 Å². The average molecular weight is 391 g/mol. The Hall–Kier alpha value is -2.08. The van der Waals surface area contributed by atoms with Crippen LogP contribution in [0, 0.1) is 12.8 Å². The highest BCUT2D eigenvalue weighted by Gasteiger charge is 2.15. The van der Waals surface area contributed by atoms with Gasteiger partial charge in [-0.2, -0.15) is 0 Å². The molecule has 2 aromatic carbocycles. The molecule has 0 saturated carbocycles. The molecule has 1 aliphatic rings. The van der Waals surface area contributed by atoms with Gasteiger partial charge in [0.1, 0.15) is 5.75 Å². The first-order valence-corrected chi connectivity index (χ1v) is 9.07. The molecular weight excluding hydrogens is 364 g/mol. The van der Waals surface area contributed by atoms with E-state index >= 15 is 0 Å². The molecular formula is C21H27ClN2O3. The number of nitrogens with one attached hydrogen (secondary N) is 1. The Morgan fingerprint density at radius 1 is 1.19 bits per heavy atom. The summed E-state index contributed by atoms with van der Waals surface area (Å²) >= 11 is 0. The van der Waals surface area contributed by atoms with Crippen molar-refractivity contribution in [3.63, 3.8) is 0 Å². The fourth-order valence-electron chi connectivity index (χ4n) is 2.95. The molecule has 146 valence electrons. The van der Waals surface area contributed by atoms with Gasteiger partial charge in [-0.3, -0.25) is 4.79 Å². The molecule has 5 nitrogen and oxygen atoms in total. The minimum Gasteiger partial charge on any atom is -0.493 e. The third kappa shape index (κ3) is 5.96. The maximum absolute atomic E-state index is 12.4. The molecule has 0 spiro atoms. The van der Waals surface area contributed by atoms with Crippen LogP contribution in [0.1, 0.15) is 34.3 Å². The molecule has 1 amide bonds. The van der Waals surface area contributed by atoms with Gasteiger partial charge in [-0.05, 0) is 55.0 Å². The van der Waals surface area contributed by atoms with Crippen molar-refractivity contribution in [2.24, 2.45) is 11.7 Å². The highest BCUT2D eigenvalue weighted by atomic mass is 35.5. The highest BCUT2D eigenvalue weighted by Crippen LogP contribution is 2.25. The Bertz CT molecular complexity index is 744. The number of benzene rings is 2. The zero-order chi connectivity index (χ0) is 18.4. The molecule has 0 bridgehead atoms. The Morgan fingerprint density at radius 2 is 1.89 bits per heavy atom. The standard InChI is InChI=1S/C21H26N2O3.ClH/c1-15-2-7-19(12-20(15)26-14-17-8-10-25-11-9-17)23-21(24)18-5-3-16(13-22)4-6-18;/h2-7,12,17H,8-11,13-14,22H2,1H3,(H,23,24);1H. The zero-order valence-corrected chi connectivity index (χ0v) is 16.4. The van der Waals surface area contributed by atoms with Crippen LogP contribution in [0.3, 0.4) is 0 Å². The third-order valence-corrected chi connectivity index (χ3v) is 4.71. The second kappa shape index (κ2) is 10.3. The number of rotatable bonds is 6. The topological polar surface area (TPSA) is 73.6 Å². The molecule has 0 aromatic heterocycles. The molecule has 1 saturated heterocycles. The van der Waals surface area contributed by atoms with Crippen molar-refractivity contribution >= 4 is 24.0 Å². The van der Waals surface area contributed by atoms with Crippen molar-refractivity contribution in [2.45, 2.75) is 26.3 Å². The van der Waals surface area contributed by atoms with Crippen LogP contribution in [0.25, 0.3) is 0 Å². The number of nitrogens with two attached hydrogens (primary N) is 1. The molecule has 3 rings (SSSR count). The molecule has 27 heavy (non-hydrogen) atoms. The number of anilines is 1. The van der Waals surface area contributed by atoms with E-state index in [-0.39, 0.29) is 18.3 Å². The van der Waals surface area contributed by atoms with Gasteiger partial charge >= 0.3 is 0 Å². The lowest BCUT2D eigenvalue weighted by atomic mass is 10.0. The van der Waals surface area contributed by atoms with Gasteiger partial charge in [0, 0.05) is 37.1 Å². The Labute approximate surface area is 166 Å². The maximum Gasteiger partial charge on any atom is 0.255 e. The summed E-state index contributed by atoms with van der Waals surface area (Å²) in [5.41, 5.74) is 8.98. The number of hydrogen-bond acceptors (Lipinski definition) is 4. The predicted molar refractivity (Wildman–Crippen MR) is 110 cm³/mol. The highest BCUT2D eigenvalue weighted by molar-refractivity contribution is 6.04. The second-order valence-corrected chi connectivity index (χ2v) is 6.70. The Balaban J connectivity index is 0.00000261. The summed E-state index contributed by atoms with van der Waals surface area (Å²) < 4.78 is 11.4. The summed E-state index contributed by atoms with van der Waals surface area (Å²) in [5.74, 6) is 1.20. The van der Waals surface area contributed by atoms with Gasteiger partial charge in [0.15, 0.2) is 0 Å². The van der Waals surface area contributed by atoms with Gasteiger partial charge in [0.25, 0.3) is 5.91 Å². The fourth-order valence-corrected chi connectivity index (χ4v) is 2.95. The van der Waals surface area contributed by atoms with E-state index < -0.39 is 0 Å². The maximum atomic E-state index is 12.4. The summed E-state index contributed by atoms with van der Waals surface area (Å²) in [5, 5.41) is 2.93. The Morgan fingerprint density at radius 3 is 2.56 bits per heavy atom. The van der Waals surface area contributed by atoms with Crippen LogP contribution in [0.4, 0.5) is 5.69 Å². The minimum atomic E-state index is -0.146. The molecule has 0 atom stereocenters. The number of carbonyl (C=O) groups is 1. The van der Waals surface area contributed by atoms with E-state index in [1.165, 1.54) is 0 Å². The lowest BCUT2D eigenvalue weighted by Gasteiger charge is -2.22. The third-order valence-electron chi connectivity index (χ3n) is 4.71. The lowest BCUT2D eigenvalue weighted by molar-refractivity contribution is 0.0496. The molecule has 6 heteroatoms. The van der Waals surface area contributed by atoms with Gasteiger partial charge in [-0.25, -0.2) is 0 Å². The number of ether oxygens (including phenoxy) is 2. The fraction of sp³-hybridized carbons (Fsp3) is 0.381. The second-order valence-electron chi connectivity index (χ2n) is 6.70. The molecule has 1 fully saturated rings. The normalized spacial score (nSPS) is 14.3. The molecule has 1 aliphatic heterocycles. The van der Waals surface area contributed by atoms with Crippen molar-refractivity contribution in [3.8, 4) is 5.75 Å². The first-order valence-electron chi connectivity index (χ1n) is 9.07. The first-order chi connectivity index (χ1) is 12.7. The van der Waals surface area contributed by atoms with Crippen molar-refractivity contribution in [3.05, 3.63) is 59.2 Å². The van der Waals surface area contributed by atoms with Crippen LogP contribution in [0.15, 0.2) is 42.5 Å². The van der Waals surface area contributed by atoms with Crippen LogP contribution in [0.5, 0.6) is 5.75 Å². The summed E-state index contributed by atoms with van der Waals surface area (Å²) in [6, 6.07) is 13.1. The van der Waals surface area contributed by atoms with Gasteiger partial charge < -0.3 is 20.5 Å². The van der Waals surface area contributed by atoms with Crippen LogP contribution in [-0.4, -0.2) is 25.7 Å². The van der Waals surface area contributed by atoms with Crippen molar-refractivity contribution in [1.29, 1.82) is 0 Å². The summed E-state index contributed by atoms with van der Waals surface area (Å²) in [6.45, 7) is 4.78. The SMILES string of the molecule is Cc1ccc(NC(=O)c2ccc(CN)cc2)cc1OCC1CCOCC1.Cl. The van der Waals surface area contributed by atoms with Gasteiger partial charge in [-0.1, -0.05) is 18.2 Å². The molecule has 0 radical (unpaired) electrons. The van der Waals surface area contributed by atoms with Crippen LogP contribution >= 0.6 is 12.4 Å². The number of aryl methyl sites for hydroxylation is 1. The average Bonchev–Trinajstić information content (AvgIpc) is 2.69. The van der Waals surface area contributed by atoms with E-state index in [4.69, 9.17) is 15.2 Å². The monoisotopic (exact) mass is 390 g/mol. The van der Waals surface area contributed by atoms with E-state index in [2.05, 4.69) is 5.32 Å². The number of carbonyl (C=O) groups excluding carboxylic acids is 1. The van der Waals surface area contributed by atoms with Crippen molar-refractivity contribution in [1.82, 2.24) is 0 Å². The summed E-state index contributed by atoms with van der Waals surface area (Å²) in [6.07, 6.45) is 2.07. The molecule has 0 unspecified atom stereocenters. The first kappa shape index (κ1) is 21.2. The number of halogens is 1. The number of hydrogen-bond donors (Lipinski definition) is 2. The number of amides is 1. The molecule has 3 N–H and O–H groups in total. The van der Waals surface area contributed by atoms with Crippen molar-refractivity contribution in [2.75, 3.05) is 25.1 Å². The Kier molecular flexibility index (Phi) is 8.10. The van der Waals surface area contributed by atoms with E-state index in [1.807, 2.05) is 37.3 Å². The molecule has 1 heterocycles. The van der Waals surface area contributed by atoms with Gasteiger partial charge in [-0.15, -0.1) is 12.4 Å². The van der Waals surface area contributed by atoms with Crippen LogP contribution in [0.2, 0.25) is 0 Å². The van der Waals surface area contributed by atoms with Crippen molar-refractivity contribution < 1.29 is 14.3 Å². The minimum absolute atomic E-state index is 0. The van der Waals surface area contributed by atoms with Crippen LogP contribution < -0.4 is 15.8 Å². The predicted octanol–water partition coefficient (Wildman–Crippen LogP) is 3.93. The summed E-state index contributed by atoms with van der Waals surface area (Å²) in [7, 11) is 0. The smallest absolute Gasteiger partial charge is 0.255 e. The largest absolute Gasteiger partial charge is 0.493 e. The van der Waals surface area contributed by atoms with E-state index in [9.17, 15) is 4.79 Å². The molecule has 2 aromatic rings. The van der Waals surface area contributed by atoms with E-state index in [0.717, 1.165) is 48.6 Å².